The second kappa shape index (κ2) is 7.40. The highest BCUT2D eigenvalue weighted by molar-refractivity contribution is 6.35. The average Bonchev–Trinajstić information content (AvgIpc) is 2.82. The summed E-state index contributed by atoms with van der Waals surface area (Å²) in [6.07, 6.45) is 3.82. The number of aliphatic hydroxyl groups is 1. The Morgan fingerprint density at radius 1 is 1.12 bits per heavy atom. The summed E-state index contributed by atoms with van der Waals surface area (Å²) in [5, 5.41) is 10.0. The summed E-state index contributed by atoms with van der Waals surface area (Å²) in [6, 6.07) is 4.40. The van der Waals surface area contributed by atoms with Gasteiger partial charge in [-0.25, -0.2) is 4.90 Å². The number of hydrogen-bond acceptors (Lipinski definition) is 4. The smallest absolute Gasteiger partial charge is 0.251 e. The van der Waals surface area contributed by atoms with E-state index < -0.39 is 6.04 Å². The molecule has 2 amide bonds. The molecule has 2 heterocycles. The number of benzene rings is 1. The van der Waals surface area contributed by atoms with Crippen LogP contribution in [-0.4, -0.2) is 47.1 Å². The largest absolute Gasteiger partial charge is 0.396 e. The normalized spacial score (nSPS) is 25.5. The molecule has 0 aliphatic carbocycles. The van der Waals surface area contributed by atoms with Crippen molar-refractivity contribution in [3.8, 4) is 0 Å². The Labute approximate surface area is 151 Å². The van der Waals surface area contributed by atoms with E-state index in [-0.39, 0.29) is 30.9 Å². The maximum absolute atomic E-state index is 12.9. The van der Waals surface area contributed by atoms with Gasteiger partial charge >= 0.3 is 0 Å². The Morgan fingerprint density at radius 3 is 2.50 bits per heavy atom. The molecular formula is C17H20Cl2N2O3. The number of piperidine rings is 1. The lowest BCUT2D eigenvalue weighted by molar-refractivity contribution is -0.123. The molecule has 3 rings (SSSR count). The van der Waals surface area contributed by atoms with E-state index in [4.69, 9.17) is 23.2 Å². The van der Waals surface area contributed by atoms with E-state index in [0.717, 1.165) is 25.8 Å². The topological polar surface area (TPSA) is 60.9 Å². The molecule has 24 heavy (non-hydrogen) atoms. The summed E-state index contributed by atoms with van der Waals surface area (Å²) in [6.45, 7) is 0.863. The third-order valence-electron chi connectivity index (χ3n) is 4.76. The summed E-state index contributed by atoms with van der Waals surface area (Å²) in [4.78, 5) is 28.6. The predicted octanol–water partition coefficient (Wildman–Crippen LogP) is 2.86. The van der Waals surface area contributed by atoms with Gasteiger partial charge in [-0.3, -0.25) is 14.5 Å². The van der Waals surface area contributed by atoms with Crippen LogP contribution in [-0.2, 0) is 9.59 Å². The first-order valence-electron chi connectivity index (χ1n) is 8.20. The van der Waals surface area contributed by atoms with Crippen LogP contribution in [0, 0.1) is 0 Å². The summed E-state index contributed by atoms with van der Waals surface area (Å²) in [5.74, 6) is -0.472. The zero-order chi connectivity index (χ0) is 17.3. The quantitative estimate of drug-likeness (QED) is 0.827. The predicted molar refractivity (Wildman–Crippen MR) is 93.4 cm³/mol. The highest BCUT2D eigenvalue weighted by Crippen LogP contribution is 2.33. The van der Waals surface area contributed by atoms with Crippen LogP contribution in [0.4, 0.5) is 5.69 Å². The van der Waals surface area contributed by atoms with Crippen molar-refractivity contribution in [1.82, 2.24) is 4.90 Å². The van der Waals surface area contributed by atoms with Crippen LogP contribution in [0.5, 0.6) is 0 Å². The van der Waals surface area contributed by atoms with E-state index in [1.165, 1.54) is 4.90 Å². The average molecular weight is 371 g/mol. The van der Waals surface area contributed by atoms with Crippen molar-refractivity contribution < 1.29 is 14.7 Å². The number of anilines is 1. The molecule has 0 saturated carbocycles. The van der Waals surface area contributed by atoms with Crippen LogP contribution in [0.3, 0.4) is 0 Å². The molecule has 0 bridgehead atoms. The van der Waals surface area contributed by atoms with Crippen LogP contribution in [0.1, 0.15) is 32.1 Å². The van der Waals surface area contributed by atoms with Crippen molar-refractivity contribution in [2.75, 3.05) is 18.1 Å². The maximum atomic E-state index is 12.9. The maximum Gasteiger partial charge on any atom is 0.251 e. The number of carbonyl (C=O) groups excluding carboxylic acids is 2. The van der Waals surface area contributed by atoms with Crippen LogP contribution >= 0.6 is 23.2 Å². The van der Waals surface area contributed by atoms with Gasteiger partial charge in [-0.1, -0.05) is 29.6 Å². The van der Waals surface area contributed by atoms with E-state index >= 15 is 0 Å². The van der Waals surface area contributed by atoms with E-state index in [1.807, 2.05) is 0 Å². The highest BCUT2D eigenvalue weighted by atomic mass is 35.5. The van der Waals surface area contributed by atoms with E-state index in [2.05, 4.69) is 4.90 Å². The van der Waals surface area contributed by atoms with Crippen molar-refractivity contribution in [1.29, 1.82) is 0 Å². The molecule has 5 nitrogen and oxygen atoms in total. The van der Waals surface area contributed by atoms with Gasteiger partial charge in [-0.15, -0.1) is 0 Å². The molecule has 130 valence electrons. The van der Waals surface area contributed by atoms with Crippen molar-refractivity contribution in [2.45, 2.75) is 44.2 Å². The lowest BCUT2D eigenvalue weighted by Crippen LogP contribution is -2.50. The second-order valence-electron chi connectivity index (χ2n) is 6.31. The van der Waals surface area contributed by atoms with Crippen LogP contribution in [0.2, 0.25) is 10.0 Å². The first kappa shape index (κ1) is 17.7. The number of likely N-dealkylation sites (tertiary alicyclic amines) is 1. The number of hydrogen-bond donors (Lipinski definition) is 1. The minimum Gasteiger partial charge on any atom is -0.396 e. The van der Waals surface area contributed by atoms with Gasteiger partial charge in [0.2, 0.25) is 5.91 Å². The third kappa shape index (κ3) is 3.45. The lowest BCUT2D eigenvalue weighted by Gasteiger charge is -2.38. The fourth-order valence-electron chi connectivity index (χ4n) is 3.71. The summed E-state index contributed by atoms with van der Waals surface area (Å²) < 4.78 is 0. The fourth-order valence-corrected chi connectivity index (χ4v) is 4.22. The van der Waals surface area contributed by atoms with Gasteiger partial charge in [0.1, 0.15) is 0 Å². The first-order chi connectivity index (χ1) is 11.5. The number of aliphatic hydroxyl groups excluding tert-OH is 1. The summed E-state index contributed by atoms with van der Waals surface area (Å²) >= 11 is 12.0. The number of rotatable bonds is 4. The molecular weight excluding hydrogens is 351 g/mol. The van der Waals surface area contributed by atoms with Crippen molar-refractivity contribution in [3.63, 3.8) is 0 Å². The molecule has 2 fully saturated rings. The van der Waals surface area contributed by atoms with Crippen molar-refractivity contribution >= 4 is 40.7 Å². The minimum atomic E-state index is -0.466. The number of amides is 2. The molecule has 7 heteroatoms. The van der Waals surface area contributed by atoms with Crippen molar-refractivity contribution in [2.24, 2.45) is 0 Å². The first-order valence-corrected chi connectivity index (χ1v) is 8.96. The SMILES string of the molecule is O=C1C[C@@H](N2CCCC[C@H]2CCO)C(=O)N1c1cc(Cl)cc(Cl)c1. The van der Waals surface area contributed by atoms with Gasteiger partial charge in [0.15, 0.2) is 0 Å². The van der Waals surface area contributed by atoms with Gasteiger partial charge in [-0.05, 0) is 44.0 Å². The molecule has 2 saturated heterocycles. The fraction of sp³-hybridized carbons (Fsp3) is 0.529. The van der Waals surface area contributed by atoms with Crippen LogP contribution < -0.4 is 4.90 Å². The van der Waals surface area contributed by atoms with Crippen molar-refractivity contribution in [3.05, 3.63) is 28.2 Å². The Balaban J connectivity index is 1.85. The van der Waals surface area contributed by atoms with E-state index in [1.54, 1.807) is 18.2 Å². The minimum absolute atomic E-state index is 0.0869. The molecule has 2 aliphatic rings. The molecule has 1 N–H and O–H groups in total. The summed E-state index contributed by atoms with van der Waals surface area (Å²) in [7, 11) is 0. The zero-order valence-corrected chi connectivity index (χ0v) is 14.8. The van der Waals surface area contributed by atoms with E-state index in [9.17, 15) is 14.7 Å². The summed E-state index contributed by atoms with van der Waals surface area (Å²) in [5.41, 5.74) is 0.417. The standard InChI is InChI=1S/C17H20Cl2N2O3/c18-11-7-12(19)9-14(8-11)21-16(23)10-15(17(21)24)20-5-2-1-3-13(20)4-6-22/h7-9,13,15,22H,1-6,10H2/t13-,15+/m0/s1. The molecule has 0 aromatic heterocycles. The molecule has 0 radical (unpaired) electrons. The van der Waals surface area contributed by atoms with Gasteiger partial charge in [0.05, 0.1) is 18.2 Å². The van der Waals surface area contributed by atoms with E-state index in [0.29, 0.717) is 22.2 Å². The second-order valence-corrected chi connectivity index (χ2v) is 7.19. The number of imide groups is 1. The van der Waals surface area contributed by atoms with Gasteiger partial charge < -0.3 is 5.11 Å². The molecule has 0 unspecified atom stereocenters. The number of nitrogens with zero attached hydrogens (tertiary/aromatic N) is 2. The molecule has 1 aromatic rings. The zero-order valence-electron chi connectivity index (χ0n) is 13.3. The van der Waals surface area contributed by atoms with Gasteiger partial charge in [0, 0.05) is 22.7 Å². The molecule has 2 atom stereocenters. The monoisotopic (exact) mass is 370 g/mol. The highest BCUT2D eigenvalue weighted by Gasteiger charge is 2.45. The molecule has 2 aliphatic heterocycles. The Morgan fingerprint density at radius 2 is 1.83 bits per heavy atom. The number of carbonyl (C=O) groups is 2. The Kier molecular flexibility index (Phi) is 5.45. The van der Waals surface area contributed by atoms with Crippen LogP contribution in [0.15, 0.2) is 18.2 Å². The molecule has 0 spiro atoms. The van der Waals surface area contributed by atoms with Crippen LogP contribution in [0.25, 0.3) is 0 Å². The number of halogens is 2. The Bertz CT molecular complexity index is 630. The lowest BCUT2D eigenvalue weighted by atomic mass is 9.97. The van der Waals surface area contributed by atoms with Gasteiger partial charge in [-0.2, -0.15) is 0 Å². The third-order valence-corrected chi connectivity index (χ3v) is 5.20. The Hall–Kier alpha value is -1.14. The molecule has 1 aromatic carbocycles. The van der Waals surface area contributed by atoms with Gasteiger partial charge in [0.25, 0.3) is 5.91 Å².